The van der Waals surface area contributed by atoms with E-state index in [0.29, 0.717) is 3.79 Å². The number of rotatable bonds is 8. The van der Waals surface area contributed by atoms with Crippen molar-refractivity contribution in [3.63, 3.8) is 0 Å². The number of esters is 1. The SMILES string of the molecule is C=CCNC(=O)C(C)OC(=O)c1ccccc1NS(=O)(=O)c1ccc(Br)s1. The van der Waals surface area contributed by atoms with Gasteiger partial charge in [0.15, 0.2) is 6.10 Å². The molecule has 0 radical (unpaired) electrons. The van der Waals surface area contributed by atoms with E-state index in [9.17, 15) is 18.0 Å². The summed E-state index contributed by atoms with van der Waals surface area (Å²) < 4.78 is 33.3. The maximum atomic E-state index is 12.5. The van der Waals surface area contributed by atoms with E-state index in [4.69, 9.17) is 4.74 Å². The minimum Gasteiger partial charge on any atom is -0.449 e. The van der Waals surface area contributed by atoms with Crippen LogP contribution in [0.1, 0.15) is 17.3 Å². The molecule has 0 saturated carbocycles. The maximum absolute atomic E-state index is 12.5. The van der Waals surface area contributed by atoms with E-state index in [1.165, 1.54) is 31.2 Å². The van der Waals surface area contributed by atoms with Crippen LogP contribution in [0.3, 0.4) is 0 Å². The van der Waals surface area contributed by atoms with Gasteiger partial charge in [-0.15, -0.1) is 17.9 Å². The average molecular weight is 473 g/mol. The van der Waals surface area contributed by atoms with Crippen LogP contribution in [0.15, 0.2) is 57.0 Å². The molecule has 1 aromatic heterocycles. The summed E-state index contributed by atoms with van der Waals surface area (Å²) in [6, 6.07) is 9.07. The number of carbonyl (C=O) groups is 2. The zero-order chi connectivity index (χ0) is 20.0. The molecule has 0 fully saturated rings. The molecule has 0 aliphatic carbocycles. The van der Waals surface area contributed by atoms with Gasteiger partial charge in [-0.3, -0.25) is 9.52 Å². The highest BCUT2D eigenvalue weighted by Gasteiger charge is 2.23. The molecule has 144 valence electrons. The summed E-state index contributed by atoms with van der Waals surface area (Å²) in [6.07, 6.45) is 0.453. The molecule has 27 heavy (non-hydrogen) atoms. The van der Waals surface area contributed by atoms with E-state index in [1.807, 2.05) is 0 Å². The van der Waals surface area contributed by atoms with Gasteiger partial charge in [-0.2, -0.15) is 0 Å². The van der Waals surface area contributed by atoms with Gasteiger partial charge in [0, 0.05) is 6.54 Å². The Hall–Kier alpha value is -2.17. The molecule has 7 nitrogen and oxygen atoms in total. The van der Waals surface area contributed by atoms with Crippen molar-refractivity contribution in [2.75, 3.05) is 11.3 Å². The predicted molar refractivity (Wildman–Crippen MR) is 107 cm³/mol. The zero-order valence-electron chi connectivity index (χ0n) is 14.3. The van der Waals surface area contributed by atoms with E-state index in [-0.39, 0.29) is 22.0 Å². The fourth-order valence-corrected chi connectivity index (χ4v) is 5.07. The van der Waals surface area contributed by atoms with Crippen LogP contribution >= 0.6 is 27.3 Å². The Morgan fingerprint density at radius 2 is 2.00 bits per heavy atom. The Kier molecular flexibility index (Phi) is 7.17. The summed E-state index contributed by atoms with van der Waals surface area (Å²) in [5.74, 6) is -1.30. The third-order valence-electron chi connectivity index (χ3n) is 3.28. The number of anilines is 1. The van der Waals surface area contributed by atoms with Gasteiger partial charge in [0.2, 0.25) is 0 Å². The summed E-state index contributed by atoms with van der Waals surface area (Å²) in [5.41, 5.74) is 0.0609. The standard InChI is InChI=1S/C17H17BrN2O5S2/c1-3-10-19-16(21)11(2)25-17(22)12-6-4-5-7-13(12)20-27(23,24)15-9-8-14(18)26-15/h3-9,11,20H,1,10H2,2H3,(H,19,21). The number of carbonyl (C=O) groups excluding carboxylic acids is 2. The highest BCUT2D eigenvalue weighted by Crippen LogP contribution is 2.28. The fourth-order valence-electron chi connectivity index (χ4n) is 1.98. The van der Waals surface area contributed by atoms with Crippen molar-refractivity contribution in [1.82, 2.24) is 5.32 Å². The lowest BCUT2D eigenvalue weighted by Crippen LogP contribution is -2.36. The van der Waals surface area contributed by atoms with Crippen molar-refractivity contribution in [3.8, 4) is 0 Å². The van der Waals surface area contributed by atoms with Crippen molar-refractivity contribution < 1.29 is 22.7 Å². The summed E-state index contributed by atoms with van der Waals surface area (Å²) in [7, 11) is -3.86. The molecule has 1 heterocycles. The van der Waals surface area contributed by atoms with E-state index in [0.717, 1.165) is 11.3 Å². The molecule has 0 aliphatic rings. The molecule has 1 aromatic carbocycles. The van der Waals surface area contributed by atoms with Crippen LogP contribution in [0, 0.1) is 0 Å². The molecule has 2 rings (SSSR count). The number of hydrogen-bond acceptors (Lipinski definition) is 6. The average Bonchev–Trinajstić information content (AvgIpc) is 3.07. The van der Waals surface area contributed by atoms with Gasteiger partial charge in [-0.25, -0.2) is 13.2 Å². The molecule has 2 aromatic rings. The molecular weight excluding hydrogens is 456 g/mol. The van der Waals surface area contributed by atoms with Gasteiger partial charge in [0.1, 0.15) is 4.21 Å². The van der Waals surface area contributed by atoms with Crippen LogP contribution in [0.25, 0.3) is 0 Å². The number of para-hydroxylation sites is 1. The van der Waals surface area contributed by atoms with Crippen molar-refractivity contribution in [3.05, 3.63) is 58.4 Å². The highest BCUT2D eigenvalue weighted by molar-refractivity contribution is 9.11. The molecule has 1 atom stereocenters. The van der Waals surface area contributed by atoms with Gasteiger partial charge in [-0.05, 0) is 47.1 Å². The summed E-state index contributed by atoms with van der Waals surface area (Å²) in [4.78, 5) is 24.2. The number of hydrogen-bond donors (Lipinski definition) is 2. The number of thiophene rings is 1. The first kappa shape index (κ1) is 21.1. The first-order chi connectivity index (χ1) is 12.7. The largest absolute Gasteiger partial charge is 0.449 e. The predicted octanol–water partition coefficient (Wildman–Crippen LogP) is 3.16. The molecule has 1 amide bonds. The number of halogens is 1. The van der Waals surface area contributed by atoms with Crippen molar-refractivity contribution in [2.45, 2.75) is 17.2 Å². The summed E-state index contributed by atoms with van der Waals surface area (Å²) >= 11 is 4.25. The lowest BCUT2D eigenvalue weighted by atomic mass is 10.2. The quantitative estimate of drug-likeness (QED) is 0.453. The van der Waals surface area contributed by atoms with E-state index >= 15 is 0 Å². The number of ether oxygens (including phenoxy) is 1. The Morgan fingerprint density at radius 3 is 2.63 bits per heavy atom. The number of benzene rings is 1. The zero-order valence-corrected chi connectivity index (χ0v) is 17.5. The van der Waals surface area contributed by atoms with E-state index in [1.54, 1.807) is 18.2 Å². The lowest BCUT2D eigenvalue weighted by Gasteiger charge is -2.15. The molecule has 0 bridgehead atoms. The number of sulfonamides is 1. The summed E-state index contributed by atoms with van der Waals surface area (Å²) in [5, 5.41) is 2.52. The second-order valence-corrected chi connectivity index (χ2v) is 9.66. The van der Waals surface area contributed by atoms with Crippen LogP contribution < -0.4 is 10.0 Å². The minimum absolute atomic E-state index is 0.0000625. The maximum Gasteiger partial charge on any atom is 0.341 e. The van der Waals surface area contributed by atoms with Crippen molar-refractivity contribution >= 4 is 54.9 Å². The third-order valence-corrected chi connectivity index (χ3v) is 6.76. The first-order valence-electron chi connectivity index (χ1n) is 7.71. The van der Waals surface area contributed by atoms with Gasteiger partial charge in [-0.1, -0.05) is 18.2 Å². The molecular formula is C17H17BrN2O5S2. The van der Waals surface area contributed by atoms with Gasteiger partial charge in [0.05, 0.1) is 15.0 Å². The molecule has 0 spiro atoms. The van der Waals surface area contributed by atoms with E-state index < -0.39 is 28.0 Å². The lowest BCUT2D eigenvalue weighted by molar-refractivity contribution is -0.128. The van der Waals surface area contributed by atoms with Crippen LogP contribution in [-0.2, 0) is 19.6 Å². The monoisotopic (exact) mass is 472 g/mol. The smallest absolute Gasteiger partial charge is 0.341 e. The van der Waals surface area contributed by atoms with Gasteiger partial charge >= 0.3 is 5.97 Å². The fraction of sp³-hybridized carbons (Fsp3) is 0.176. The molecule has 2 N–H and O–H groups in total. The topological polar surface area (TPSA) is 102 Å². The second kappa shape index (κ2) is 9.16. The number of amides is 1. The molecule has 10 heteroatoms. The Balaban J connectivity index is 2.18. The normalized spacial score (nSPS) is 12.1. The Morgan fingerprint density at radius 1 is 1.30 bits per heavy atom. The molecule has 0 saturated heterocycles. The van der Waals surface area contributed by atoms with Crippen LogP contribution in [0.4, 0.5) is 5.69 Å². The van der Waals surface area contributed by atoms with Crippen molar-refractivity contribution in [1.29, 1.82) is 0 Å². The molecule has 0 aliphatic heterocycles. The van der Waals surface area contributed by atoms with Gasteiger partial charge < -0.3 is 10.1 Å². The highest BCUT2D eigenvalue weighted by atomic mass is 79.9. The van der Waals surface area contributed by atoms with Gasteiger partial charge in [0.25, 0.3) is 15.9 Å². The van der Waals surface area contributed by atoms with Crippen LogP contribution in [0.5, 0.6) is 0 Å². The Bertz CT molecular complexity index is 956. The minimum atomic E-state index is -3.86. The van der Waals surface area contributed by atoms with Crippen molar-refractivity contribution in [2.24, 2.45) is 0 Å². The molecule has 1 unspecified atom stereocenters. The van der Waals surface area contributed by atoms with E-state index in [2.05, 4.69) is 32.5 Å². The second-order valence-electron chi connectivity index (χ2n) is 5.29. The van der Waals surface area contributed by atoms with Crippen LogP contribution in [0.2, 0.25) is 0 Å². The summed E-state index contributed by atoms with van der Waals surface area (Å²) in [6.45, 7) is 5.15. The number of nitrogens with one attached hydrogen (secondary N) is 2. The third kappa shape index (κ3) is 5.65. The Labute approximate surface area is 169 Å². The van der Waals surface area contributed by atoms with Crippen LogP contribution in [-0.4, -0.2) is 32.9 Å². The first-order valence-corrected chi connectivity index (χ1v) is 10.8.